The number of hydrogen-bond acceptors (Lipinski definition) is 2. The number of benzene rings is 3. The van der Waals surface area contributed by atoms with Gasteiger partial charge in [-0.25, -0.2) is 0 Å². The van der Waals surface area contributed by atoms with E-state index in [4.69, 9.17) is 4.74 Å². The Morgan fingerprint density at radius 3 is 1.42 bits per heavy atom. The number of alkyl halides is 9. The molecule has 1 aromatic heterocycles. The molecule has 4 rings (SSSR count). The molecule has 0 radical (unpaired) electrons. The number of hydrogen-bond donors (Lipinski definition) is 1. The van der Waals surface area contributed by atoms with E-state index in [-0.39, 0.29) is 5.75 Å². The van der Waals surface area contributed by atoms with Gasteiger partial charge in [-0.15, -0.1) is 11.3 Å². The van der Waals surface area contributed by atoms with Crippen LogP contribution in [0.3, 0.4) is 0 Å². The third kappa shape index (κ3) is 6.12. The fourth-order valence-electron chi connectivity index (χ4n) is 3.79. The van der Waals surface area contributed by atoms with Crippen LogP contribution in [0, 0.1) is 0 Å². The molecule has 0 N–H and O–H groups in total. The molecule has 0 spiro atoms. The van der Waals surface area contributed by atoms with Gasteiger partial charge in [-0.05, 0) is 63.2 Å². The van der Waals surface area contributed by atoms with Crippen molar-refractivity contribution in [2.45, 2.75) is 39.8 Å². The molecule has 4 aromatic rings. The van der Waals surface area contributed by atoms with Crippen molar-refractivity contribution in [1.82, 2.24) is 0 Å². The van der Waals surface area contributed by atoms with E-state index in [1.54, 1.807) is 12.1 Å². The minimum atomic E-state index is -5.86. The van der Waals surface area contributed by atoms with Crippen LogP contribution < -0.4 is 4.74 Å². The Balaban J connectivity index is 1.65. The van der Waals surface area contributed by atoms with E-state index in [1.165, 1.54) is 12.1 Å². The third-order valence-corrected chi connectivity index (χ3v) is 8.95. The Morgan fingerprint density at radius 1 is 0.553 bits per heavy atom. The third-order valence-electron chi connectivity index (χ3n) is 5.30. The maximum Gasteiger partial charge on any atom is 0.426 e. The summed E-state index contributed by atoms with van der Waals surface area (Å²) in [5.74, 6) is -0.00605. The van der Waals surface area contributed by atoms with Gasteiger partial charge in [-0.3, -0.25) is 0 Å². The normalized spacial score (nSPS) is 12.9. The van der Waals surface area contributed by atoms with Crippen LogP contribution in [0.4, 0.5) is 39.5 Å². The van der Waals surface area contributed by atoms with Crippen molar-refractivity contribution >= 4 is 22.2 Å². The first-order chi connectivity index (χ1) is 17.8. The highest BCUT2D eigenvalue weighted by molar-refractivity contribution is 8.17. The molecule has 0 atom stereocenters. The minimum absolute atomic E-state index is 0.00605. The van der Waals surface area contributed by atoms with E-state index in [0.717, 1.165) is 14.7 Å². The standard InChI is InChI=1S/C26H17F9OS2/c27-24(28,29)21-20(37-23(26(33,34)35)22(21)25(30,31)32)15-36-16-11-13-19(14-12-16)38(17-7-3-1-4-8-17)18-9-5-2-6-10-18/h1-14,38H,15H2. The molecule has 1 nitrogen and oxygen atoms in total. The zero-order chi connectivity index (χ0) is 27.7. The highest BCUT2D eigenvalue weighted by atomic mass is 32.2. The molecule has 0 saturated carbocycles. The molecule has 0 aliphatic rings. The van der Waals surface area contributed by atoms with E-state index in [9.17, 15) is 39.5 Å². The lowest BCUT2D eigenvalue weighted by Gasteiger charge is -2.23. The van der Waals surface area contributed by atoms with Crippen molar-refractivity contribution in [1.29, 1.82) is 0 Å². The molecule has 0 fully saturated rings. The quantitative estimate of drug-likeness (QED) is 0.176. The zero-order valence-electron chi connectivity index (χ0n) is 19.0. The summed E-state index contributed by atoms with van der Waals surface area (Å²) in [6.45, 7) is -1.12. The molecular formula is C26H17F9OS2. The van der Waals surface area contributed by atoms with Gasteiger partial charge >= 0.3 is 18.5 Å². The zero-order valence-corrected chi connectivity index (χ0v) is 20.7. The Kier molecular flexibility index (Phi) is 7.76. The largest absolute Gasteiger partial charge is 0.488 e. The van der Waals surface area contributed by atoms with Gasteiger partial charge < -0.3 is 4.74 Å². The van der Waals surface area contributed by atoms with Crippen LogP contribution in [0.2, 0.25) is 0 Å². The first-order valence-electron chi connectivity index (χ1n) is 10.8. The number of halogens is 9. The highest BCUT2D eigenvalue weighted by Crippen LogP contribution is 2.53. The number of ether oxygens (including phenoxy) is 1. The number of thiol groups is 1. The van der Waals surface area contributed by atoms with Crippen molar-refractivity contribution in [3.63, 3.8) is 0 Å². The summed E-state index contributed by atoms with van der Waals surface area (Å²) in [4.78, 5) is -0.666. The van der Waals surface area contributed by atoms with Gasteiger partial charge in [0.25, 0.3) is 0 Å². The second kappa shape index (κ2) is 10.6. The van der Waals surface area contributed by atoms with E-state index in [2.05, 4.69) is 0 Å². The molecular weight excluding hydrogens is 563 g/mol. The molecule has 0 amide bonds. The van der Waals surface area contributed by atoms with Gasteiger partial charge in [-0.1, -0.05) is 36.4 Å². The van der Waals surface area contributed by atoms with Crippen molar-refractivity contribution < 1.29 is 44.3 Å². The van der Waals surface area contributed by atoms with E-state index in [0.29, 0.717) is 0 Å². The molecule has 0 unspecified atom stereocenters. The fourth-order valence-corrected chi connectivity index (χ4v) is 7.19. The molecule has 202 valence electrons. The van der Waals surface area contributed by atoms with E-state index in [1.807, 2.05) is 60.7 Å². The summed E-state index contributed by atoms with van der Waals surface area (Å²) in [6, 6.07) is 25.3. The molecule has 0 aliphatic carbocycles. The van der Waals surface area contributed by atoms with E-state index < -0.39 is 68.2 Å². The van der Waals surface area contributed by atoms with Crippen molar-refractivity contribution in [2.75, 3.05) is 0 Å². The minimum Gasteiger partial charge on any atom is -0.488 e. The van der Waals surface area contributed by atoms with Crippen LogP contribution in [0.25, 0.3) is 0 Å². The average molecular weight is 581 g/mol. The average Bonchev–Trinajstić information content (AvgIpc) is 3.27. The van der Waals surface area contributed by atoms with Gasteiger partial charge in [0.2, 0.25) is 0 Å². The predicted molar refractivity (Wildman–Crippen MR) is 127 cm³/mol. The Labute approximate surface area is 217 Å². The Bertz CT molecular complexity index is 1320. The second-order valence-corrected chi connectivity index (χ2v) is 11.2. The Morgan fingerprint density at radius 2 is 1.00 bits per heavy atom. The molecule has 0 bridgehead atoms. The van der Waals surface area contributed by atoms with Crippen LogP contribution in [0.5, 0.6) is 5.75 Å². The lowest BCUT2D eigenvalue weighted by Crippen LogP contribution is -2.20. The smallest absolute Gasteiger partial charge is 0.426 e. The van der Waals surface area contributed by atoms with Gasteiger partial charge in [0.15, 0.2) is 0 Å². The van der Waals surface area contributed by atoms with Crippen LogP contribution in [-0.2, 0) is 25.1 Å². The number of thiophene rings is 1. The molecule has 1 heterocycles. The summed E-state index contributed by atoms with van der Waals surface area (Å²) in [5.41, 5.74) is -5.12. The summed E-state index contributed by atoms with van der Waals surface area (Å²) >= 11 is -0.618. The highest BCUT2D eigenvalue weighted by Gasteiger charge is 2.53. The fraction of sp³-hybridized carbons (Fsp3) is 0.154. The lowest BCUT2D eigenvalue weighted by molar-refractivity contribution is -0.172. The predicted octanol–water partition coefficient (Wildman–Crippen LogP) is 9.86. The van der Waals surface area contributed by atoms with Crippen molar-refractivity contribution in [3.05, 3.63) is 106 Å². The molecule has 12 heteroatoms. The monoisotopic (exact) mass is 580 g/mol. The van der Waals surface area contributed by atoms with Gasteiger partial charge in [0.1, 0.15) is 17.2 Å². The van der Waals surface area contributed by atoms with Crippen molar-refractivity contribution in [3.8, 4) is 5.75 Å². The summed E-state index contributed by atoms with van der Waals surface area (Å²) in [6.07, 6.45) is -17.2. The van der Waals surface area contributed by atoms with Crippen LogP contribution in [-0.4, -0.2) is 0 Å². The molecule has 0 aliphatic heterocycles. The number of rotatable bonds is 6. The maximum atomic E-state index is 13.5. The Hall–Kier alpha value is -3.12. The summed E-state index contributed by atoms with van der Waals surface area (Å²) in [7, 11) is -1.01. The molecule has 38 heavy (non-hydrogen) atoms. The van der Waals surface area contributed by atoms with E-state index >= 15 is 0 Å². The van der Waals surface area contributed by atoms with Gasteiger partial charge in [0, 0.05) is 0 Å². The summed E-state index contributed by atoms with van der Waals surface area (Å²) < 4.78 is 125. The molecule has 3 aromatic carbocycles. The first-order valence-corrected chi connectivity index (χ1v) is 12.9. The molecule has 0 saturated heterocycles. The van der Waals surface area contributed by atoms with Crippen LogP contribution >= 0.6 is 22.2 Å². The lowest BCUT2D eigenvalue weighted by atomic mass is 10.1. The first kappa shape index (κ1) is 27.9. The summed E-state index contributed by atoms with van der Waals surface area (Å²) in [5, 5.41) is 0. The maximum absolute atomic E-state index is 13.5. The van der Waals surface area contributed by atoms with Gasteiger partial charge in [-0.2, -0.15) is 50.4 Å². The van der Waals surface area contributed by atoms with Gasteiger partial charge in [0.05, 0.1) is 16.0 Å². The topological polar surface area (TPSA) is 9.23 Å². The van der Waals surface area contributed by atoms with Crippen molar-refractivity contribution in [2.24, 2.45) is 0 Å². The van der Waals surface area contributed by atoms with Crippen LogP contribution in [0.15, 0.2) is 99.6 Å². The van der Waals surface area contributed by atoms with Crippen LogP contribution in [0.1, 0.15) is 20.9 Å². The SMILES string of the molecule is FC(F)(F)c1sc(COc2ccc([SH](c3ccccc3)c3ccccc3)cc2)c(C(F)(F)F)c1C(F)(F)F. The second-order valence-electron chi connectivity index (χ2n) is 7.89.